The summed E-state index contributed by atoms with van der Waals surface area (Å²) >= 11 is 0. The lowest BCUT2D eigenvalue weighted by Gasteiger charge is -2.19. The highest BCUT2D eigenvalue weighted by atomic mass is 16.5. The predicted octanol–water partition coefficient (Wildman–Crippen LogP) is 2.38. The number of aliphatic hydroxyl groups excluding tert-OH is 1. The Labute approximate surface area is 143 Å². The molecule has 1 aliphatic heterocycles. The van der Waals surface area contributed by atoms with Crippen LogP contribution in [0.25, 0.3) is 0 Å². The van der Waals surface area contributed by atoms with Gasteiger partial charge in [-0.25, -0.2) is 0 Å². The fourth-order valence-corrected chi connectivity index (χ4v) is 3.81. The molecule has 2 N–H and O–H groups in total. The first-order valence-electron chi connectivity index (χ1n) is 8.51. The zero-order valence-corrected chi connectivity index (χ0v) is 15.0. The smallest absolute Gasteiger partial charge is 0.126 e. The van der Waals surface area contributed by atoms with E-state index in [1.807, 2.05) is 6.92 Å². The first-order valence-corrected chi connectivity index (χ1v) is 8.51. The fraction of sp³-hybridized carbons (Fsp3) is 0.526. The molecule has 2 heterocycles. The molecule has 0 radical (unpaired) electrons. The number of rotatable bonds is 5. The first kappa shape index (κ1) is 17.0. The topological polar surface area (TPSA) is 61.4 Å². The van der Waals surface area contributed by atoms with Crippen molar-refractivity contribution in [1.29, 1.82) is 0 Å². The number of aromatic nitrogens is 2. The van der Waals surface area contributed by atoms with Crippen LogP contribution in [0.1, 0.15) is 28.1 Å². The number of hydrogen-bond donors (Lipinski definition) is 2. The van der Waals surface area contributed by atoms with Crippen molar-refractivity contribution in [3.8, 4) is 5.75 Å². The normalized spacial score (nSPS) is 21.4. The number of hydrogen-bond acceptors (Lipinski definition) is 4. The SMILES string of the molecule is COc1c(C)cc(C)cc1CN1C[C@@H](Cc2cc(C)[nH]n2)[C@H](O)C1. The number of β-amino-alcohol motifs (C(OH)–C–C–N with tert-alkyl or cyclic N) is 1. The van der Waals surface area contributed by atoms with Crippen LogP contribution in [0.3, 0.4) is 0 Å². The summed E-state index contributed by atoms with van der Waals surface area (Å²) in [5.74, 6) is 1.19. The van der Waals surface area contributed by atoms with Crippen LogP contribution < -0.4 is 4.74 Å². The maximum atomic E-state index is 10.4. The zero-order valence-electron chi connectivity index (χ0n) is 15.0. The van der Waals surface area contributed by atoms with E-state index in [2.05, 4.69) is 47.1 Å². The molecule has 0 spiro atoms. The van der Waals surface area contributed by atoms with Crippen molar-refractivity contribution in [3.63, 3.8) is 0 Å². The van der Waals surface area contributed by atoms with E-state index in [-0.39, 0.29) is 12.0 Å². The van der Waals surface area contributed by atoms with Crippen molar-refractivity contribution < 1.29 is 9.84 Å². The summed E-state index contributed by atoms with van der Waals surface area (Å²) in [5, 5.41) is 17.7. The third-order valence-corrected chi connectivity index (χ3v) is 4.81. The Hall–Kier alpha value is -1.85. The molecule has 0 saturated carbocycles. The summed E-state index contributed by atoms with van der Waals surface area (Å²) in [6.45, 7) is 8.57. The second-order valence-electron chi connectivity index (χ2n) is 7.04. The molecular weight excluding hydrogens is 302 g/mol. The van der Waals surface area contributed by atoms with E-state index in [9.17, 15) is 5.11 Å². The zero-order chi connectivity index (χ0) is 17.3. The maximum Gasteiger partial charge on any atom is 0.126 e. The van der Waals surface area contributed by atoms with Crippen LogP contribution in [0.2, 0.25) is 0 Å². The van der Waals surface area contributed by atoms with Gasteiger partial charge in [-0.15, -0.1) is 0 Å². The molecule has 2 atom stereocenters. The van der Waals surface area contributed by atoms with E-state index in [4.69, 9.17) is 4.74 Å². The van der Waals surface area contributed by atoms with Crippen LogP contribution in [0.4, 0.5) is 0 Å². The number of H-pyrrole nitrogens is 1. The van der Waals surface area contributed by atoms with E-state index in [0.29, 0.717) is 6.54 Å². The molecule has 1 aromatic heterocycles. The summed E-state index contributed by atoms with van der Waals surface area (Å²) in [5.41, 5.74) is 5.69. The highest BCUT2D eigenvalue weighted by Gasteiger charge is 2.32. The third kappa shape index (κ3) is 3.62. The van der Waals surface area contributed by atoms with E-state index in [1.54, 1.807) is 7.11 Å². The summed E-state index contributed by atoms with van der Waals surface area (Å²) in [6, 6.07) is 6.38. The van der Waals surface area contributed by atoms with Crippen LogP contribution in [0.5, 0.6) is 5.75 Å². The van der Waals surface area contributed by atoms with Gasteiger partial charge in [0, 0.05) is 36.8 Å². The summed E-state index contributed by atoms with van der Waals surface area (Å²) in [7, 11) is 1.72. The summed E-state index contributed by atoms with van der Waals surface area (Å²) < 4.78 is 5.59. The number of ether oxygens (including phenoxy) is 1. The molecule has 5 nitrogen and oxygen atoms in total. The molecule has 1 aromatic carbocycles. The largest absolute Gasteiger partial charge is 0.496 e. The van der Waals surface area contributed by atoms with E-state index < -0.39 is 0 Å². The molecule has 1 fully saturated rings. The van der Waals surface area contributed by atoms with Gasteiger partial charge in [0.15, 0.2) is 0 Å². The highest BCUT2D eigenvalue weighted by Crippen LogP contribution is 2.29. The molecule has 5 heteroatoms. The Morgan fingerprint density at radius 2 is 2.04 bits per heavy atom. The van der Waals surface area contributed by atoms with Gasteiger partial charge in [0.05, 0.1) is 18.9 Å². The number of likely N-dealkylation sites (tertiary alicyclic amines) is 1. The fourth-order valence-electron chi connectivity index (χ4n) is 3.81. The maximum absolute atomic E-state index is 10.4. The number of nitrogens with one attached hydrogen (secondary N) is 1. The number of aromatic amines is 1. The molecule has 1 aliphatic rings. The Kier molecular flexibility index (Phi) is 4.92. The number of aryl methyl sites for hydroxylation is 3. The van der Waals surface area contributed by atoms with Gasteiger partial charge >= 0.3 is 0 Å². The van der Waals surface area contributed by atoms with Crippen molar-refractivity contribution in [2.45, 2.75) is 39.8 Å². The average Bonchev–Trinajstić information content (AvgIpc) is 3.05. The highest BCUT2D eigenvalue weighted by molar-refractivity contribution is 5.43. The van der Waals surface area contributed by atoms with Gasteiger partial charge in [-0.05, 0) is 38.8 Å². The lowest BCUT2D eigenvalue weighted by atomic mass is 10.00. The van der Waals surface area contributed by atoms with Crippen molar-refractivity contribution in [1.82, 2.24) is 15.1 Å². The number of methoxy groups -OCH3 is 1. The van der Waals surface area contributed by atoms with Crippen molar-refractivity contribution in [3.05, 3.63) is 46.3 Å². The van der Waals surface area contributed by atoms with Gasteiger partial charge in [-0.2, -0.15) is 5.10 Å². The molecule has 0 amide bonds. The monoisotopic (exact) mass is 329 g/mol. The molecule has 24 heavy (non-hydrogen) atoms. The minimum absolute atomic E-state index is 0.226. The quantitative estimate of drug-likeness (QED) is 0.884. The molecule has 130 valence electrons. The van der Waals surface area contributed by atoms with Crippen molar-refractivity contribution >= 4 is 0 Å². The Morgan fingerprint density at radius 3 is 2.71 bits per heavy atom. The Balaban J connectivity index is 1.69. The second kappa shape index (κ2) is 6.95. The van der Waals surface area contributed by atoms with Crippen LogP contribution in [-0.2, 0) is 13.0 Å². The molecule has 1 saturated heterocycles. The van der Waals surface area contributed by atoms with Gasteiger partial charge in [0.25, 0.3) is 0 Å². The minimum atomic E-state index is -0.307. The molecule has 0 bridgehead atoms. The standard InChI is InChI=1S/C19H27N3O2/c1-12-5-13(2)19(24-4)16(6-12)10-22-9-15(18(23)11-22)8-17-7-14(3)20-21-17/h5-7,15,18,23H,8-11H2,1-4H3,(H,20,21)/t15-,18-/m1/s1. The lowest BCUT2D eigenvalue weighted by molar-refractivity contribution is 0.140. The molecule has 2 aromatic rings. The van der Waals surface area contributed by atoms with Crippen molar-refractivity contribution in [2.75, 3.05) is 20.2 Å². The molecule has 0 aliphatic carbocycles. The van der Waals surface area contributed by atoms with E-state index in [1.165, 1.54) is 11.1 Å². The van der Waals surface area contributed by atoms with E-state index in [0.717, 1.165) is 42.2 Å². The van der Waals surface area contributed by atoms with E-state index >= 15 is 0 Å². The molecule has 0 unspecified atom stereocenters. The third-order valence-electron chi connectivity index (χ3n) is 4.81. The average molecular weight is 329 g/mol. The van der Waals surface area contributed by atoms with Gasteiger partial charge in [-0.3, -0.25) is 10.00 Å². The van der Waals surface area contributed by atoms with Gasteiger partial charge in [0.2, 0.25) is 0 Å². The molecular formula is C19H27N3O2. The minimum Gasteiger partial charge on any atom is -0.496 e. The Morgan fingerprint density at radius 1 is 1.25 bits per heavy atom. The van der Waals surface area contributed by atoms with Gasteiger partial charge < -0.3 is 9.84 Å². The number of nitrogens with zero attached hydrogens (tertiary/aromatic N) is 2. The number of benzene rings is 1. The summed E-state index contributed by atoms with van der Waals surface area (Å²) in [6.07, 6.45) is 0.505. The van der Waals surface area contributed by atoms with Gasteiger partial charge in [0.1, 0.15) is 5.75 Å². The molecule has 3 rings (SSSR count). The van der Waals surface area contributed by atoms with Crippen LogP contribution in [0.15, 0.2) is 18.2 Å². The summed E-state index contributed by atoms with van der Waals surface area (Å²) in [4.78, 5) is 2.31. The van der Waals surface area contributed by atoms with Crippen LogP contribution >= 0.6 is 0 Å². The number of aliphatic hydroxyl groups is 1. The second-order valence-corrected chi connectivity index (χ2v) is 7.04. The lowest BCUT2D eigenvalue weighted by Crippen LogP contribution is -2.22. The van der Waals surface area contributed by atoms with Crippen LogP contribution in [-0.4, -0.2) is 46.5 Å². The predicted molar refractivity (Wildman–Crippen MR) is 94.3 cm³/mol. The Bertz CT molecular complexity index is 711. The van der Waals surface area contributed by atoms with Gasteiger partial charge in [-0.1, -0.05) is 17.7 Å². The van der Waals surface area contributed by atoms with Crippen LogP contribution in [0, 0.1) is 26.7 Å². The van der Waals surface area contributed by atoms with Crippen molar-refractivity contribution in [2.24, 2.45) is 5.92 Å². The first-order chi connectivity index (χ1) is 11.5.